The maximum Gasteiger partial charge on any atom is 0.243 e. The second-order valence-electron chi connectivity index (χ2n) is 6.38. The van der Waals surface area contributed by atoms with Crippen LogP contribution < -0.4 is 9.62 Å². The van der Waals surface area contributed by atoms with Gasteiger partial charge in [-0.05, 0) is 37.5 Å². The minimum Gasteiger partial charge on any atom is -0.354 e. The zero-order valence-corrected chi connectivity index (χ0v) is 17.0. The van der Waals surface area contributed by atoms with Crippen LogP contribution in [0.1, 0.15) is 46.5 Å². The van der Waals surface area contributed by atoms with Gasteiger partial charge in [0.1, 0.15) is 6.04 Å². The van der Waals surface area contributed by atoms with Crippen LogP contribution in [0.15, 0.2) is 24.3 Å². The number of sulfonamides is 1. The van der Waals surface area contributed by atoms with Crippen molar-refractivity contribution < 1.29 is 13.2 Å². The molecule has 1 rings (SSSR count). The minimum atomic E-state index is -3.62. The van der Waals surface area contributed by atoms with Crippen LogP contribution in [0.5, 0.6) is 0 Å². The summed E-state index contributed by atoms with van der Waals surface area (Å²) in [7, 11) is -3.62. The molecule has 0 spiro atoms. The van der Waals surface area contributed by atoms with Crippen molar-refractivity contribution in [3.8, 4) is 0 Å². The smallest absolute Gasteiger partial charge is 0.243 e. The third-order valence-corrected chi connectivity index (χ3v) is 5.74. The van der Waals surface area contributed by atoms with Gasteiger partial charge in [0, 0.05) is 11.6 Å². The number of halogens is 1. The number of rotatable bonds is 10. The number of carbonyl (C=O) groups is 1. The van der Waals surface area contributed by atoms with Crippen LogP contribution in [-0.2, 0) is 14.8 Å². The van der Waals surface area contributed by atoms with Gasteiger partial charge in [-0.2, -0.15) is 0 Å². The number of amides is 1. The summed E-state index contributed by atoms with van der Waals surface area (Å²) in [4.78, 5) is 12.5. The Kier molecular flexibility index (Phi) is 8.73. The highest BCUT2D eigenvalue weighted by Crippen LogP contribution is 2.24. The third-order valence-electron chi connectivity index (χ3n) is 4.26. The SMILES string of the molecule is CCCCC(CC)CNC(=O)C(C)N(c1cccc(Cl)c1)S(C)(=O)=O. The average molecular weight is 389 g/mol. The number of carbonyl (C=O) groups excluding carboxylic acids is 1. The molecular formula is C18H29ClN2O3S. The lowest BCUT2D eigenvalue weighted by Crippen LogP contribution is -2.48. The van der Waals surface area contributed by atoms with Gasteiger partial charge < -0.3 is 5.32 Å². The normalized spacial score (nSPS) is 14.0. The van der Waals surface area contributed by atoms with E-state index in [1.807, 2.05) is 0 Å². The van der Waals surface area contributed by atoms with Gasteiger partial charge in [-0.25, -0.2) is 8.42 Å². The fourth-order valence-corrected chi connectivity index (χ4v) is 4.11. The highest BCUT2D eigenvalue weighted by Gasteiger charge is 2.29. The van der Waals surface area contributed by atoms with Crippen LogP contribution in [-0.4, -0.2) is 33.2 Å². The molecule has 1 aromatic carbocycles. The summed E-state index contributed by atoms with van der Waals surface area (Å²) in [5.74, 6) is 0.106. The molecule has 0 aliphatic heterocycles. The van der Waals surface area contributed by atoms with E-state index >= 15 is 0 Å². The van der Waals surface area contributed by atoms with E-state index < -0.39 is 16.1 Å². The maximum absolute atomic E-state index is 12.5. The molecule has 0 aromatic heterocycles. The predicted molar refractivity (Wildman–Crippen MR) is 105 cm³/mol. The van der Waals surface area contributed by atoms with Gasteiger partial charge in [-0.3, -0.25) is 9.10 Å². The number of hydrogen-bond acceptors (Lipinski definition) is 3. The van der Waals surface area contributed by atoms with Crippen molar-refractivity contribution in [1.29, 1.82) is 0 Å². The summed E-state index contributed by atoms with van der Waals surface area (Å²) >= 11 is 5.97. The van der Waals surface area contributed by atoms with Crippen LogP contribution in [0.25, 0.3) is 0 Å². The first-order valence-electron chi connectivity index (χ1n) is 8.73. The van der Waals surface area contributed by atoms with Crippen LogP contribution >= 0.6 is 11.6 Å². The molecule has 1 N–H and O–H groups in total. The minimum absolute atomic E-state index is 0.305. The van der Waals surface area contributed by atoms with Crippen molar-refractivity contribution in [3.05, 3.63) is 29.3 Å². The third kappa shape index (κ3) is 6.86. The summed E-state index contributed by atoms with van der Waals surface area (Å²) in [5.41, 5.74) is 0.385. The van der Waals surface area contributed by atoms with Gasteiger partial charge in [0.25, 0.3) is 0 Å². The summed E-state index contributed by atoms with van der Waals surface area (Å²) < 4.78 is 25.6. The number of nitrogens with one attached hydrogen (secondary N) is 1. The quantitative estimate of drug-likeness (QED) is 0.662. The standard InChI is InChI=1S/C18H29ClN2O3S/c1-5-7-9-15(6-2)13-20-18(22)14(3)21(25(4,23)24)17-11-8-10-16(19)12-17/h8,10-12,14-15H,5-7,9,13H2,1-4H3,(H,20,22). The molecular weight excluding hydrogens is 360 g/mol. The van der Waals surface area contributed by atoms with E-state index in [0.717, 1.165) is 36.2 Å². The molecule has 0 saturated carbocycles. The Bertz CT molecular complexity index is 664. The molecule has 2 atom stereocenters. The van der Waals surface area contributed by atoms with Gasteiger partial charge in [-0.15, -0.1) is 0 Å². The zero-order valence-electron chi connectivity index (χ0n) is 15.5. The molecule has 142 valence electrons. The van der Waals surface area contributed by atoms with Crippen molar-refractivity contribution in [2.45, 2.75) is 52.5 Å². The highest BCUT2D eigenvalue weighted by molar-refractivity contribution is 7.92. The number of nitrogens with zero attached hydrogens (tertiary/aromatic N) is 1. The summed E-state index contributed by atoms with van der Waals surface area (Å²) in [6.45, 7) is 6.39. The topological polar surface area (TPSA) is 66.5 Å². The second-order valence-corrected chi connectivity index (χ2v) is 8.67. The summed E-state index contributed by atoms with van der Waals surface area (Å²) in [5, 5.41) is 3.32. The molecule has 1 aromatic rings. The molecule has 5 nitrogen and oxygen atoms in total. The molecule has 0 fully saturated rings. The van der Waals surface area contributed by atoms with E-state index in [1.54, 1.807) is 31.2 Å². The first kappa shape index (κ1) is 21.8. The van der Waals surface area contributed by atoms with Crippen LogP contribution in [0.2, 0.25) is 5.02 Å². The molecule has 0 aliphatic rings. The fourth-order valence-electron chi connectivity index (χ4n) is 2.76. The summed E-state index contributed by atoms with van der Waals surface area (Å²) in [6.07, 6.45) is 5.39. The average Bonchev–Trinajstić information content (AvgIpc) is 2.53. The predicted octanol–water partition coefficient (Wildman–Crippen LogP) is 3.83. The Morgan fingerprint density at radius 3 is 2.52 bits per heavy atom. The Labute approximate surface area is 156 Å². The van der Waals surface area contributed by atoms with E-state index in [1.165, 1.54) is 0 Å². The molecule has 2 unspecified atom stereocenters. The van der Waals surface area contributed by atoms with E-state index in [2.05, 4.69) is 19.2 Å². The van der Waals surface area contributed by atoms with Crippen LogP contribution in [0.4, 0.5) is 5.69 Å². The number of benzene rings is 1. The van der Waals surface area contributed by atoms with Gasteiger partial charge >= 0.3 is 0 Å². The molecule has 0 aliphatic carbocycles. The number of unbranched alkanes of at least 4 members (excludes halogenated alkanes) is 1. The molecule has 0 heterocycles. The lowest BCUT2D eigenvalue weighted by molar-refractivity contribution is -0.122. The van der Waals surface area contributed by atoms with Crippen LogP contribution in [0.3, 0.4) is 0 Å². The van der Waals surface area contributed by atoms with E-state index in [-0.39, 0.29) is 5.91 Å². The maximum atomic E-state index is 12.5. The van der Waals surface area contributed by atoms with Crippen molar-refractivity contribution >= 4 is 33.2 Å². The lowest BCUT2D eigenvalue weighted by Gasteiger charge is -2.29. The molecule has 0 bridgehead atoms. The zero-order chi connectivity index (χ0) is 19.0. The monoisotopic (exact) mass is 388 g/mol. The first-order valence-corrected chi connectivity index (χ1v) is 11.0. The molecule has 7 heteroatoms. The Morgan fingerprint density at radius 1 is 1.32 bits per heavy atom. The molecule has 25 heavy (non-hydrogen) atoms. The van der Waals surface area contributed by atoms with Crippen LogP contribution in [0, 0.1) is 5.92 Å². The van der Waals surface area contributed by atoms with Crippen molar-refractivity contribution in [3.63, 3.8) is 0 Å². The Balaban J connectivity index is 2.88. The largest absolute Gasteiger partial charge is 0.354 e. The molecule has 0 saturated heterocycles. The highest BCUT2D eigenvalue weighted by atomic mass is 35.5. The number of hydrogen-bond donors (Lipinski definition) is 1. The van der Waals surface area contributed by atoms with Gasteiger partial charge in [0.2, 0.25) is 15.9 Å². The van der Waals surface area contributed by atoms with E-state index in [0.29, 0.717) is 23.2 Å². The van der Waals surface area contributed by atoms with Crippen molar-refractivity contribution in [1.82, 2.24) is 5.32 Å². The van der Waals surface area contributed by atoms with Gasteiger partial charge in [-0.1, -0.05) is 50.8 Å². The lowest BCUT2D eigenvalue weighted by atomic mass is 9.99. The Hall–Kier alpha value is -1.27. The summed E-state index contributed by atoms with van der Waals surface area (Å²) in [6, 6.07) is 5.65. The second kappa shape index (κ2) is 10.0. The first-order chi connectivity index (χ1) is 11.7. The van der Waals surface area contributed by atoms with E-state index in [4.69, 9.17) is 11.6 Å². The van der Waals surface area contributed by atoms with Crippen molar-refractivity contribution in [2.24, 2.45) is 5.92 Å². The number of anilines is 1. The van der Waals surface area contributed by atoms with Gasteiger partial charge in [0.15, 0.2) is 0 Å². The fraction of sp³-hybridized carbons (Fsp3) is 0.611. The van der Waals surface area contributed by atoms with E-state index in [9.17, 15) is 13.2 Å². The Morgan fingerprint density at radius 2 is 2.00 bits per heavy atom. The molecule has 0 radical (unpaired) electrons. The van der Waals surface area contributed by atoms with Crippen molar-refractivity contribution in [2.75, 3.05) is 17.1 Å². The van der Waals surface area contributed by atoms with Gasteiger partial charge in [0.05, 0.1) is 11.9 Å². The molecule has 1 amide bonds.